The number of nitrogens with zero attached hydrogens (tertiary/aromatic N) is 2. The van der Waals surface area contributed by atoms with E-state index in [4.69, 9.17) is 27.9 Å². The van der Waals surface area contributed by atoms with Crippen molar-refractivity contribution in [1.29, 1.82) is 0 Å². The number of hydrogen-bond acceptors (Lipinski definition) is 3. The molecule has 25 heavy (non-hydrogen) atoms. The summed E-state index contributed by atoms with van der Waals surface area (Å²) in [4.78, 5) is 14.3. The molecule has 0 aliphatic carbocycles. The molecule has 0 aliphatic rings. The molecule has 2 rings (SSSR count). The van der Waals surface area contributed by atoms with Crippen molar-refractivity contribution >= 4 is 29.2 Å². The fraction of sp³-hybridized carbons (Fsp3) is 0.333. The number of rotatable bonds is 9. The van der Waals surface area contributed by atoms with Crippen LogP contribution in [0.3, 0.4) is 0 Å². The second-order valence-corrected chi connectivity index (χ2v) is 5.95. The van der Waals surface area contributed by atoms with Crippen LogP contribution in [0, 0.1) is 0 Å². The predicted octanol–water partition coefficient (Wildman–Crippen LogP) is -0.0963. The highest BCUT2D eigenvalue weighted by molar-refractivity contribution is 6.18. The number of pyridine rings is 1. The molecular formula is C18H21Cl2IN2O2. The number of aromatic nitrogens is 1. The first-order chi connectivity index (χ1) is 11.7. The minimum absolute atomic E-state index is 0. The summed E-state index contributed by atoms with van der Waals surface area (Å²) in [7, 11) is 0. The van der Waals surface area contributed by atoms with Crippen molar-refractivity contribution < 1.29 is 38.1 Å². The highest BCUT2D eigenvalue weighted by atomic mass is 127. The zero-order chi connectivity index (χ0) is 17.2. The van der Waals surface area contributed by atoms with E-state index in [-0.39, 0.29) is 29.9 Å². The van der Waals surface area contributed by atoms with Crippen LogP contribution in [0.2, 0.25) is 0 Å². The van der Waals surface area contributed by atoms with Crippen molar-refractivity contribution in [1.82, 2.24) is 4.90 Å². The Morgan fingerprint density at radius 3 is 2.32 bits per heavy atom. The van der Waals surface area contributed by atoms with Gasteiger partial charge in [0.25, 0.3) is 0 Å². The molecule has 0 amide bonds. The third kappa shape index (κ3) is 7.48. The molecule has 0 aliphatic heterocycles. The molecule has 0 spiro atoms. The molecule has 0 radical (unpaired) electrons. The van der Waals surface area contributed by atoms with Crippen LogP contribution in [0.1, 0.15) is 10.4 Å². The molecule has 1 heterocycles. The van der Waals surface area contributed by atoms with Gasteiger partial charge in [-0.15, -0.1) is 23.2 Å². The number of alkyl halides is 2. The Morgan fingerprint density at radius 1 is 1.00 bits per heavy atom. The number of carbonyl (C=O) groups excluding carboxylic acids is 1. The molecule has 0 atom stereocenters. The average molecular weight is 495 g/mol. The smallest absolute Gasteiger partial charge is 0.344 e. The lowest BCUT2D eigenvalue weighted by Crippen LogP contribution is -3.00. The van der Waals surface area contributed by atoms with Crippen molar-refractivity contribution in [2.24, 2.45) is 0 Å². The maximum atomic E-state index is 12.2. The Morgan fingerprint density at radius 2 is 1.68 bits per heavy atom. The second-order valence-electron chi connectivity index (χ2n) is 5.19. The summed E-state index contributed by atoms with van der Waals surface area (Å²) in [6.45, 7) is 2.39. The van der Waals surface area contributed by atoms with Gasteiger partial charge < -0.3 is 28.7 Å². The molecule has 1 aromatic heterocycles. The minimum atomic E-state index is -0.336. The maximum absolute atomic E-state index is 12.2. The van der Waals surface area contributed by atoms with Gasteiger partial charge in [-0.25, -0.2) is 4.79 Å². The van der Waals surface area contributed by atoms with Gasteiger partial charge in [-0.3, -0.25) is 4.90 Å². The standard InChI is InChI=1S/C18H21Cl2N2O2.HI/c19-8-11-21(12-9-20)13-14-24-18(23)16-5-4-10-22(15-16)17-6-2-1-3-7-17;/h1-7,10,15H,8-9,11-14H2;1H/q+1;/p-1. The Bertz CT molecular complexity index is 638. The summed E-state index contributed by atoms with van der Waals surface area (Å²) in [6, 6.07) is 13.4. The monoisotopic (exact) mass is 494 g/mol. The van der Waals surface area contributed by atoms with Crippen LogP contribution in [0.25, 0.3) is 5.69 Å². The minimum Gasteiger partial charge on any atom is -1.00 e. The number of hydrogen-bond donors (Lipinski definition) is 0. The molecule has 0 N–H and O–H groups in total. The topological polar surface area (TPSA) is 33.4 Å². The summed E-state index contributed by atoms with van der Waals surface area (Å²) < 4.78 is 7.25. The number of benzene rings is 1. The first-order valence-electron chi connectivity index (χ1n) is 7.82. The molecule has 0 saturated heterocycles. The van der Waals surface area contributed by atoms with E-state index in [1.54, 1.807) is 12.3 Å². The number of esters is 1. The Balaban J connectivity index is 0.00000312. The van der Waals surface area contributed by atoms with Crippen molar-refractivity contribution in [3.8, 4) is 5.69 Å². The highest BCUT2D eigenvalue weighted by Crippen LogP contribution is 2.03. The lowest BCUT2D eigenvalue weighted by atomic mass is 10.2. The predicted molar refractivity (Wildman–Crippen MR) is 96.1 cm³/mol. The molecule has 0 saturated carbocycles. The quantitative estimate of drug-likeness (QED) is 0.211. The van der Waals surface area contributed by atoms with Crippen LogP contribution in [-0.4, -0.2) is 48.9 Å². The van der Waals surface area contributed by atoms with Crippen molar-refractivity contribution in [2.75, 3.05) is 38.0 Å². The van der Waals surface area contributed by atoms with Crippen LogP contribution >= 0.6 is 23.2 Å². The van der Waals surface area contributed by atoms with Crippen molar-refractivity contribution in [3.05, 3.63) is 60.4 Å². The average Bonchev–Trinajstić information content (AvgIpc) is 2.63. The number of carbonyl (C=O) groups is 1. The van der Waals surface area contributed by atoms with E-state index < -0.39 is 0 Å². The van der Waals surface area contributed by atoms with Crippen LogP contribution < -0.4 is 28.5 Å². The number of para-hydroxylation sites is 1. The van der Waals surface area contributed by atoms with Gasteiger partial charge in [0.2, 0.25) is 5.69 Å². The van der Waals surface area contributed by atoms with Crippen molar-refractivity contribution in [2.45, 2.75) is 0 Å². The van der Waals surface area contributed by atoms with Gasteiger partial charge in [0, 0.05) is 49.6 Å². The Kier molecular flexibility index (Phi) is 11.0. The van der Waals surface area contributed by atoms with Crippen LogP contribution in [0.15, 0.2) is 54.9 Å². The van der Waals surface area contributed by atoms with Gasteiger partial charge >= 0.3 is 5.97 Å². The van der Waals surface area contributed by atoms with Crippen LogP contribution in [-0.2, 0) is 4.74 Å². The van der Waals surface area contributed by atoms with E-state index in [1.807, 2.05) is 47.2 Å². The molecule has 0 fully saturated rings. The SMILES string of the molecule is O=C(OCCN(CCCl)CCCl)c1ccc[n+](-c2ccccc2)c1.[I-]. The van der Waals surface area contributed by atoms with Gasteiger partial charge in [0.15, 0.2) is 12.4 Å². The van der Waals surface area contributed by atoms with Gasteiger partial charge in [-0.1, -0.05) is 18.2 Å². The fourth-order valence-electron chi connectivity index (χ4n) is 2.28. The Labute approximate surface area is 175 Å². The maximum Gasteiger partial charge on any atom is 0.344 e. The molecule has 4 nitrogen and oxygen atoms in total. The molecular weight excluding hydrogens is 474 g/mol. The molecule has 2 aromatic rings. The van der Waals surface area contributed by atoms with E-state index in [0.717, 1.165) is 18.8 Å². The lowest BCUT2D eigenvalue weighted by Gasteiger charge is -2.19. The summed E-state index contributed by atoms with van der Waals surface area (Å²) >= 11 is 11.5. The fourth-order valence-corrected chi connectivity index (χ4v) is 2.76. The van der Waals surface area contributed by atoms with Crippen LogP contribution in [0.4, 0.5) is 0 Å². The van der Waals surface area contributed by atoms with Gasteiger partial charge in [0.05, 0.1) is 0 Å². The van der Waals surface area contributed by atoms with E-state index in [9.17, 15) is 4.79 Å². The van der Waals surface area contributed by atoms with E-state index in [1.165, 1.54) is 0 Å². The van der Waals surface area contributed by atoms with E-state index in [0.29, 0.717) is 30.5 Å². The molecule has 1 aromatic carbocycles. The van der Waals surface area contributed by atoms with E-state index >= 15 is 0 Å². The summed E-state index contributed by atoms with van der Waals surface area (Å²) in [5.41, 5.74) is 1.50. The van der Waals surface area contributed by atoms with Gasteiger partial charge in [-0.05, 0) is 6.07 Å². The lowest BCUT2D eigenvalue weighted by molar-refractivity contribution is -0.595. The number of halogens is 3. The first kappa shape index (κ1) is 22.2. The third-order valence-corrected chi connectivity index (χ3v) is 3.87. The molecule has 7 heteroatoms. The zero-order valence-corrected chi connectivity index (χ0v) is 17.5. The van der Waals surface area contributed by atoms with Crippen molar-refractivity contribution in [3.63, 3.8) is 0 Å². The molecule has 136 valence electrons. The molecule has 0 bridgehead atoms. The molecule has 0 unspecified atom stereocenters. The third-order valence-electron chi connectivity index (χ3n) is 3.53. The zero-order valence-electron chi connectivity index (χ0n) is 13.8. The normalized spacial score (nSPS) is 10.4. The largest absolute Gasteiger partial charge is 1.00 e. The first-order valence-corrected chi connectivity index (χ1v) is 8.89. The summed E-state index contributed by atoms with van der Waals surface area (Å²) in [6.07, 6.45) is 3.67. The number of ether oxygens (including phenoxy) is 1. The summed E-state index contributed by atoms with van der Waals surface area (Å²) in [5.74, 6) is 0.721. The van der Waals surface area contributed by atoms with Gasteiger partial charge in [0.1, 0.15) is 12.2 Å². The van der Waals surface area contributed by atoms with Gasteiger partial charge in [-0.2, -0.15) is 4.57 Å². The highest BCUT2D eigenvalue weighted by Gasteiger charge is 2.14. The van der Waals surface area contributed by atoms with E-state index in [2.05, 4.69) is 4.90 Å². The Hall–Kier alpha value is -0.890. The second kappa shape index (κ2) is 12.5. The summed E-state index contributed by atoms with van der Waals surface area (Å²) in [5, 5.41) is 0. The van der Waals surface area contributed by atoms with Crippen LogP contribution in [0.5, 0.6) is 0 Å².